The minimum absolute atomic E-state index is 0. The van der Waals surface area contributed by atoms with E-state index in [4.69, 9.17) is 30.6 Å². The van der Waals surface area contributed by atoms with Crippen LogP contribution in [0.25, 0.3) is 0 Å². The average molecular weight is 248 g/mol. The van der Waals surface area contributed by atoms with E-state index in [-0.39, 0.29) is 36.0 Å². The zero-order valence-electron chi connectivity index (χ0n) is 8.91. The minimum atomic E-state index is -4.20. The quantitative estimate of drug-likeness (QED) is 0.206. The van der Waals surface area contributed by atoms with Gasteiger partial charge in [0.1, 0.15) is 5.97 Å². The monoisotopic (exact) mass is 248 g/mol. The van der Waals surface area contributed by atoms with Gasteiger partial charge in [-0.15, -0.1) is 0 Å². The van der Waals surface area contributed by atoms with Crippen molar-refractivity contribution in [2.24, 2.45) is 0 Å². The Kier molecular flexibility index (Phi) is 6.64. The van der Waals surface area contributed by atoms with Crippen molar-refractivity contribution >= 4 is 5.97 Å². The van der Waals surface area contributed by atoms with Gasteiger partial charge >= 0.3 is 29.6 Å². The zero-order valence-corrected chi connectivity index (χ0v) is 10.9. The van der Waals surface area contributed by atoms with Crippen LogP contribution >= 0.6 is 0 Å². The van der Waals surface area contributed by atoms with Gasteiger partial charge in [-0.3, -0.25) is 0 Å². The fourth-order valence-electron chi connectivity index (χ4n) is 0.944. The third kappa shape index (κ3) is 3.13. The smallest absolute Gasteiger partial charge is 0.544 e. The molecule has 0 saturated heterocycles. The molecule has 0 bridgehead atoms. The minimum Gasteiger partial charge on any atom is -0.544 e. The summed E-state index contributed by atoms with van der Waals surface area (Å²) >= 11 is 0. The summed E-state index contributed by atoms with van der Waals surface area (Å²) < 4.78 is 0. The van der Waals surface area contributed by atoms with Crippen LogP contribution in [0.4, 0.5) is 0 Å². The molecule has 0 aromatic heterocycles. The number of carboxylic acid groups (broad SMARTS) is 1. The summed E-state index contributed by atoms with van der Waals surface area (Å²) in [5, 5.41) is 63.8. The average Bonchev–Trinajstić information content (AvgIpc) is 2.02. The standard InChI is InChI=1S/C7H14O8.Na/c1-2-3-5(10,11)7(14,15)6(12,13)4(8)9;/h10-15H,2-3H2,1H3,(H,8,9);/q;+1/p-1. The first-order valence-corrected chi connectivity index (χ1v) is 4.06. The maximum absolute atomic E-state index is 10.2. The Morgan fingerprint density at radius 3 is 1.75 bits per heavy atom. The summed E-state index contributed by atoms with van der Waals surface area (Å²) in [6.45, 7) is 1.42. The van der Waals surface area contributed by atoms with Gasteiger partial charge in [0.05, 0.1) is 0 Å². The van der Waals surface area contributed by atoms with E-state index in [1.807, 2.05) is 0 Å². The number of hydrogen-bond donors (Lipinski definition) is 6. The van der Waals surface area contributed by atoms with Crippen molar-refractivity contribution in [2.45, 2.75) is 37.1 Å². The SMILES string of the molecule is CCCC(O)(O)C(O)(O)C(O)(O)C(=O)[O-].[Na+]. The Bertz CT molecular complexity index is 249. The van der Waals surface area contributed by atoms with Crippen LogP contribution < -0.4 is 34.7 Å². The van der Waals surface area contributed by atoms with E-state index in [0.29, 0.717) is 0 Å². The molecule has 6 N–H and O–H groups in total. The number of hydrogen-bond acceptors (Lipinski definition) is 8. The van der Waals surface area contributed by atoms with Crippen LogP contribution in [0.5, 0.6) is 0 Å². The van der Waals surface area contributed by atoms with E-state index in [2.05, 4.69) is 0 Å². The zero-order chi connectivity index (χ0) is 12.5. The molecule has 0 saturated carbocycles. The first-order valence-electron chi connectivity index (χ1n) is 4.06. The molecule has 0 amide bonds. The van der Waals surface area contributed by atoms with E-state index in [1.54, 1.807) is 0 Å². The number of carboxylic acids is 1. The molecule has 0 spiro atoms. The number of carbonyl (C=O) groups is 1. The Hall–Kier alpha value is 0.230. The Balaban J connectivity index is 0. The molecule has 0 atom stereocenters. The van der Waals surface area contributed by atoms with Crippen LogP contribution in [-0.2, 0) is 4.79 Å². The molecular weight excluding hydrogens is 235 g/mol. The van der Waals surface area contributed by atoms with Crippen molar-refractivity contribution in [1.29, 1.82) is 0 Å². The molecule has 0 fully saturated rings. The van der Waals surface area contributed by atoms with Gasteiger partial charge in [0.25, 0.3) is 11.6 Å². The second-order valence-corrected chi connectivity index (χ2v) is 3.20. The molecule has 0 aromatic rings. The largest absolute Gasteiger partial charge is 1.00 e. The topological polar surface area (TPSA) is 162 Å². The molecular formula is C7H13NaO8. The molecule has 0 heterocycles. The molecule has 0 rings (SSSR count). The van der Waals surface area contributed by atoms with Gasteiger partial charge < -0.3 is 40.5 Å². The molecule has 0 aliphatic rings. The Morgan fingerprint density at radius 2 is 1.50 bits per heavy atom. The van der Waals surface area contributed by atoms with Gasteiger partial charge in [0.15, 0.2) is 0 Å². The van der Waals surface area contributed by atoms with Crippen molar-refractivity contribution in [3.8, 4) is 0 Å². The molecule has 0 aliphatic carbocycles. The maximum atomic E-state index is 10.2. The molecule has 9 heteroatoms. The molecule has 8 nitrogen and oxygen atoms in total. The van der Waals surface area contributed by atoms with Crippen molar-refractivity contribution < 1.29 is 70.1 Å². The van der Waals surface area contributed by atoms with Crippen LogP contribution in [0.1, 0.15) is 19.8 Å². The van der Waals surface area contributed by atoms with Crippen LogP contribution in [0.2, 0.25) is 0 Å². The third-order valence-corrected chi connectivity index (χ3v) is 1.93. The molecule has 16 heavy (non-hydrogen) atoms. The maximum Gasteiger partial charge on any atom is 1.00 e. The fourth-order valence-corrected chi connectivity index (χ4v) is 0.944. The van der Waals surface area contributed by atoms with E-state index < -0.39 is 29.8 Å². The molecule has 0 aromatic carbocycles. The normalized spacial score (nSPS) is 13.2. The predicted octanol–water partition coefficient (Wildman–Crippen LogP) is -7.42. The third-order valence-electron chi connectivity index (χ3n) is 1.93. The van der Waals surface area contributed by atoms with E-state index in [0.717, 1.165) is 0 Å². The summed E-state index contributed by atoms with van der Waals surface area (Å²) in [4.78, 5) is 10.2. The molecule has 90 valence electrons. The van der Waals surface area contributed by atoms with E-state index in [1.165, 1.54) is 6.92 Å². The van der Waals surface area contributed by atoms with Crippen LogP contribution in [-0.4, -0.2) is 54.0 Å². The van der Waals surface area contributed by atoms with Crippen LogP contribution in [0.3, 0.4) is 0 Å². The Morgan fingerprint density at radius 1 is 1.12 bits per heavy atom. The summed E-state index contributed by atoms with van der Waals surface area (Å²) in [5.74, 6) is -14.3. The predicted molar refractivity (Wildman–Crippen MR) is 41.4 cm³/mol. The van der Waals surface area contributed by atoms with Gasteiger partial charge in [-0.25, -0.2) is 0 Å². The summed E-state index contributed by atoms with van der Waals surface area (Å²) in [7, 11) is 0. The molecule has 0 aliphatic heterocycles. The fraction of sp³-hybridized carbons (Fsp3) is 0.857. The van der Waals surface area contributed by atoms with Gasteiger partial charge in [0.2, 0.25) is 5.79 Å². The number of rotatable bonds is 5. The Labute approximate surface area is 113 Å². The van der Waals surface area contributed by atoms with Crippen molar-refractivity contribution in [2.75, 3.05) is 0 Å². The first-order chi connectivity index (χ1) is 6.50. The molecule has 0 unspecified atom stereocenters. The van der Waals surface area contributed by atoms with Gasteiger partial charge in [-0.1, -0.05) is 13.3 Å². The van der Waals surface area contributed by atoms with Gasteiger partial charge in [0, 0.05) is 6.42 Å². The summed E-state index contributed by atoms with van der Waals surface area (Å²) in [6.07, 6.45) is -0.658. The first kappa shape index (κ1) is 18.6. The van der Waals surface area contributed by atoms with Crippen molar-refractivity contribution in [1.82, 2.24) is 0 Å². The second-order valence-electron chi connectivity index (χ2n) is 3.20. The second kappa shape index (κ2) is 5.71. The number of aliphatic hydroxyl groups is 6. The van der Waals surface area contributed by atoms with Crippen LogP contribution in [0.15, 0.2) is 0 Å². The van der Waals surface area contributed by atoms with Gasteiger partial charge in [-0.05, 0) is 0 Å². The van der Waals surface area contributed by atoms with Gasteiger partial charge in [-0.2, -0.15) is 0 Å². The van der Waals surface area contributed by atoms with E-state index >= 15 is 0 Å². The molecule has 0 radical (unpaired) electrons. The van der Waals surface area contributed by atoms with Crippen molar-refractivity contribution in [3.05, 3.63) is 0 Å². The number of aliphatic carboxylic acids is 1. The van der Waals surface area contributed by atoms with Crippen molar-refractivity contribution in [3.63, 3.8) is 0 Å². The number of carbonyl (C=O) groups excluding carboxylic acids is 1. The van der Waals surface area contributed by atoms with Crippen LogP contribution in [0, 0.1) is 0 Å². The summed E-state index contributed by atoms with van der Waals surface area (Å²) in [6, 6.07) is 0. The van der Waals surface area contributed by atoms with E-state index in [9.17, 15) is 9.90 Å². The summed E-state index contributed by atoms with van der Waals surface area (Å²) in [5.41, 5.74) is 0.